The Bertz CT molecular complexity index is 1170. The fraction of sp³-hybridized carbons (Fsp3) is 0.423. The minimum atomic E-state index is -0.331. The average molecular weight is 486 g/mol. The highest BCUT2D eigenvalue weighted by atomic mass is 35.5. The van der Waals surface area contributed by atoms with Crippen LogP contribution >= 0.6 is 12.4 Å². The number of methoxy groups -OCH3 is 2. The predicted molar refractivity (Wildman–Crippen MR) is 136 cm³/mol. The number of carbonyl (C=O) groups excluding carboxylic acids is 1. The van der Waals surface area contributed by atoms with Crippen LogP contribution in [0.1, 0.15) is 43.6 Å². The van der Waals surface area contributed by atoms with Crippen molar-refractivity contribution in [3.05, 3.63) is 41.7 Å². The first-order chi connectivity index (χ1) is 15.8. The smallest absolute Gasteiger partial charge is 0.339 e. The molecule has 0 saturated heterocycles. The summed E-state index contributed by atoms with van der Waals surface area (Å²) in [6, 6.07) is 5.79. The molecule has 0 fully saturated rings. The van der Waals surface area contributed by atoms with E-state index in [1.807, 2.05) is 18.2 Å². The van der Waals surface area contributed by atoms with E-state index in [9.17, 15) is 4.79 Å². The van der Waals surface area contributed by atoms with Crippen molar-refractivity contribution < 1.29 is 19.0 Å². The third-order valence-electron chi connectivity index (χ3n) is 5.67. The lowest BCUT2D eigenvalue weighted by Crippen LogP contribution is -2.32. The summed E-state index contributed by atoms with van der Waals surface area (Å²) in [6.45, 7) is 10.8. The van der Waals surface area contributed by atoms with Crippen LogP contribution in [0.2, 0.25) is 0 Å². The van der Waals surface area contributed by atoms with Gasteiger partial charge in [-0.05, 0) is 40.8 Å². The van der Waals surface area contributed by atoms with Crippen LogP contribution in [-0.4, -0.2) is 43.2 Å². The van der Waals surface area contributed by atoms with Crippen LogP contribution in [-0.2, 0) is 11.3 Å². The number of halogens is 1. The molecule has 8 heteroatoms. The van der Waals surface area contributed by atoms with Gasteiger partial charge in [-0.15, -0.1) is 12.4 Å². The molecule has 0 saturated carbocycles. The summed E-state index contributed by atoms with van der Waals surface area (Å²) in [4.78, 5) is 24.3. The number of rotatable bonds is 8. The van der Waals surface area contributed by atoms with Crippen molar-refractivity contribution >= 4 is 35.1 Å². The van der Waals surface area contributed by atoms with Crippen LogP contribution < -0.4 is 14.4 Å². The van der Waals surface area contributed by atoms with E-state index in [4.69, 9.17) is 24.2 Å². The highest BCUT2D eigenvalue weighted by Crippen LogP contribution is 2.42. The maximum atomic E-state index is 12.7. The molecule has 2 heterocycles. The average Bonchev–Trinajstić information content (AvgIpc) is 3.15. The second-order valence-corrected chi connectivity index (χ2v) is 9.25. The Labute approximate surface area is 206 Å². The van der Waals surface area contributed by atoms with Crippen molar-refractivity contribution in [1.29, 1.82) is 0 Å². The monoisotopic (exact) mass is 485 g/mol. The van der Waals surface area contributed by atoms with Crippen LogP contribution in [0.5, 0.6) is 11.5 Å². The Morgan fingerprint density at radius 3 is 2.09 bits per heavy atom. The van der Waals surface area contributed by atoms with Crippen LogP contribution in [0.3, 0.4) is 0 Å². The number of anilines is 1. The van der Waals surface area contributed by atoms with E-state index in [0.717, 1.165) is 40.6 Å². The van der Waals surface area contributed by atoms with Crippen LogP contribution in [0.15, 0.2) is 30.6 Å². The van der Waals surface area contributed by atoms with Gasteiger partial charge in [0.15, 0.2) is 11.5 Å². The van der Waals surface area contributed by atoms with Crippen molar-refractivity contribution in [2.75, 3.05) is 32.2 Å². The summed E-state index contributed by atoms with van der Waals surface area (Å²) in [5.41, 5.74) is 2.94. The van der Waals surface area contributed by atoms with Gasteiger partial charge < -0.3 is 19.1 Å². The molecule has 1 aliphatic heterocycles. The zero-order valence-electron chi connectivity index (χ0n) is 20.5. The number of ether oxygens (including phenoxy) is 3. The second-order valence-electron chi connectivity index (χ2n) is 9.25. The summed E-state index contributed by atoms with van der Waals surface area (Å²) in [7, 11) is 3.21. The number of esters is 1. The van der Waals surface area contributed by atoms with Crippen LogP contribution in [0.4, 0.5) is 5.95 Å². The molecular weight excluding hydrogens is 454 g/mol. The number of hydrogen-bond donors (Lipinski definition) is 0. The molecular formula is C26H32ClN3O4. The number of fused-ring (bicyclic) bond motifs is 2. The maximum Gasteiger partial charge on any atom is 0.339 e. The molecule has 7 nitrogen and oxygen atoms in total. The van der Waals surface area contributed by atoms with E-state index in [2.05, 4.69) is 32.6 Å². The van der Waals surface area contributed by atoms with Gasteiger partial charge in [0, 0.05) is 42.2 Å². The first kappa shape index (κ1) is 25.6. The van der Waals surface area contributed by atoms with Gasteiger partial charge in [-0.1, -0.05) is 27.7 Å². The van der Waals surface area contributed by atoms with Crippen molar-refractivity contribution in [3.8, 4) is 22.6 Å². The molecule has 0 atom stereocenters. The topological polar surface area (TPSA) is 73.8 Å². The number of cyclic esters (lactones) is 1. The minimum Gasteiger partial charge on any atom is -0.493 e. The molecule has 2 aromatic carbocycles. The van der Waals surface area contributed by atoms with Gasteiger partial charge in [0.25, 0.3) is 0 Å². The number of benzene rings is 2. The zero-order valence-corrected chi connectivity index (χ0v) is 21.4. The Balaban J connectivity index is 0.00000324. The summed E-state index contributed by atoms with van der Waals surface area (Å²) in [6.07, 6.45) is 3.60. The van der Waals surface area contributed by atoms with E-state index >= 15 is 0 Å². The van der Waals surface area contributed by atoms with Gasteiger partial charge in [0.05, 0.1) is 19.8 Å². The van der Waals surface area contributed by atoms with Crippen molar-refractivity contribution in [2.24, 2.45) is 11.8 Å². The highest BCUT2D eigenvalue weighted by molar-refractivity contribution is 6.11. The quantitative estimate of drug-likeness (QED) is 0.388. The molecule has 0 N–H and O–H groups in total. The molecule has 0 amide bonds. The lowest BCUT2D eigenvalue weighted by Gasteiger charge is -2.26. The highest BCUT2D eigenvalue weighted by Gasteiger charge is 2.29. The predicted octanol–water partition coefficient (Wildman–Crippen LogP) is 5.52. The van der Waals surface area contributed by atoms with Crippen molar-refractivity contribution in [1.82, 2.24) is 9.97 Å². The van der Waals surface area contributed by atoms with E-state index in [-0.39, 0.29) is 25.0 Å². The van der Waals surface area contributed by atoms with Crippen molar-refractivity contribution in [2.45, 2.75) is 34.3 Å². The lowest BCUT2D eigenvalue weighted by molar-refractivity contribution is 0.0535. The van der Waals surface area contributed by atoms with Gasteiger partial charge in [-0.2, -0.15) is 0 Å². The third kappa shape index (κ3) is 4.89. The van der Waals surface area contributed by atoms with Gasteiger partial charge >= 0.3 is 5.97 Å². The molecule has 0 bridgehead atoms. The Morgan fingerprint density at radius 1 is 0.941 bits per heavy atom. The van der Waals surface area contributed by atoms with Crippen molar-refractivity contribution in [3.63, 3.8) is 0 Å². The zero-order chi connectivity index (χ0) is 23.7. The normalized spacial score (nSPS) is 12.5. The summed E-state index contributed by atoms with van der Waals surface area (Å²) in [5, 5.41) is 1.80. The molecule has 0 spiro atoms. The van der Waals surface area contributed by atoms with Crippen LogP contribution in [0.25, 0.3) is 21.9 Å². The molecule has 34 heavy (non-hydrogen) atoms. The Morgan fingerprint density at radius 2 is 1.53 bits per heavy atom. The Hall–Kier alpha value is -3.06. The van der Waals surface area contributed by atoms with Gasteiger partial charge in [-0.25, -0.2) is 14.8 Å². The third-order valence-corrected chi connectivity index (χ3v) is 5.67. The number of carbonyl (C=O) groups is 1. The minimum absolute atomic E-state index is 0. The summed E-state index contributed by atoms with van der Waals surface area (Å²) < 4.78 is 16.4. The van der Waals surface area contributed by atoms with Gasteiger partial charge in [0.1, 0.15) is 6.61 Å². The number of aromatic nitrogens is 2. The van der Waals surface area contributed by atoms with E-state index in [0.29, 0.717) is 34.8 Å². The first-order valence-electron chi connectivity index (χ1n) is 11.3. The maximum absolute atomic E-state index is 12.7. The van der Waals surface area contributed by atoms with E-state index < -0.39 is 0 Å². The molecule has 1 aromatic heterocycles. The first-order valence-corrected chi connectivity index (χ1v) is 11.3. The largest absolute Gasteiger partial charge is 0.493 e. The summed E-state index contributed by atoms with van der Waals surface area (Å²) in [5.74, 6) is 2.57. The lowest BCUT2D eigenvalue weighted by atomic mass is 9.91. The standard InChI is InChI=1S/C26H31N3O4.ClH/c1-15(2)12-29(13-16(3)4)26-27-10-19(11-28-26)23-20-9-22(32-6)21(31-5)8-17(20)7-18-14-33-25(30)24(18)23;/h7-11,15-16H,12-14H2,1-6H3;1H. The molecule has 3 aromatic rings. The summed E-state index contributed by atoms with van der Waals surface area (Å²) >= 11 is 0. The SMILES string of the molecule is COc1cc2cc3c(c(-c4cnc(N(CC(C)C)CC(C)C)nc4)c2cc1OC)C(=O)OC3.Cl. The molecule has 0 radical (unpaired) electrons. The van der Waals surface area contributed by atoms with E-state index in [1.165, 1.54) is 0 Å². The van der Waals surface area contributed by atoms with E-state index in [1.54, 1.807) is 26.6 Å². The number of hydrogen-bond acceptors (Lipinski definition) is 7. The Kier molecular flexibility index (Phi) is 7.87. The van der Waals surface area contributed by atoms with Gasteiger partial charge in [-0.3, -0.25) is 0 Å². The molecule has 0 aliphatic carbocycles. The molecule has 1 aliphatic rings. The molecule has 0 unspecified atom stereocenters. The molecule has 4 rings (SSSR count). The number of nitrogens with zero attached hydrogens (tertiary/aromatic N) is 3. The molecule has 182 valence electrons. The van der Waals surface area contributed by atoms with Crippen LogP contribution in [0, 0.1) is 11.8 Å². The van der Waals surface area contributed by atoms with Gasteiger partial charge in [0.2, 0.25) is 5.95 Å². The fourth-order valence-corrected chi connectivity index (χ4v) is 4.38. The fourth-order valence-electron chi connectivity index (χ4n) is 4.38. The second kappa shape index (κ2) is 10.5.